The Labute approximate surface area is 224 Å². The Morgan fingerprint density at radius 1 is 0.744 bits per heavy atom. The number of phenolic OH excluding ortho intramolecular Hbond substituents is 1. The summed E-state index contributed by atoms with van der Waals surface area (Å²) in [7, 11) is 0. The zero-order valence-electron chi connectivity index (χ0n) is 21.1. The first-order valence-corrected chi connectivity index (χ1v) is 12.1. The molecule has 210 valence electrons. The molecule has 0 saturated carbocycles. The van der Waals surface area contributed by atoms with Gasteiger partial charge in [0.2, 0.25) is 23.6 Å². The number of aliphatic hydroxyl groups is 1. The van der Waals surface area contributed by atoms with E-state index in [4.69, 9.17) is 16.6 Å². The minimum absolute atomic E-state index is 0.00581. The molecule has 0 aliphatic heterocycles. The molecule has 39 heavy (non-hydrogen) atoms. The number of hydrogen-bond donors (Lipinski definition) is 8. The summed E-state index contributed by atoms with van der Waals surface area (Å²) in [6, 6.07) is 9.60. The topological polar surface area (TPSA) is 234 Å². The van der Waals surface area contributed by atoms with Gasteiger partial charge >= 0.3 is 5.97 Å². The second kappa shape index (κ2) is 15.1. The highest BCUT2D eigenvalue weighted by atomic mass is 16.4. The molecule has 4 atom stereocenters. The molecule has 2 aromatic carbocycles. The van der Waals surface area contributed by atoms with Crippen LogP contribution in [0.2, 0.25) is 0 Å². The van der Waals surface area contributed by atoms with Crippen molar-refractivity contribution in [1.82, 2.24) is 16.0 Å². The molecule has 0 fully saturated rings. The third-order valence-corrected chi connectivity index (χ3v) is 5.75. The maximum absolute atomic E-state index is 13.3. The minimum Gasteiger partial charge on any atom is -0.508 e. The number of phenols is 1. The van der Waals surface area contributed by atoms with Gasteiger partial charge in [-0.25, -0.2) is 4.79 Å². The number of hydrogen-bond acceptors (Lipinski definition) is 8. The lowest BCUT2D eigenvalue weighted by atomic mass is 10.0. The van der Waals surface area contributed by atoms with Crippen molar-refractivity contribution in [1.29, 1.82) is 0 Å². The summed E-state index contributed by atoms with van der Waals surface area (Å²) in [5, 5.41) is 35.0. The molecular formula is C26H33N5O8. The van der Waals surface area contributed by atoms with Crippen LogP contribution in [0.1, 0.15) is 24.0 Å². The molecule has 4 amide bonds. The molecule has 2 rings (SSSR count). The Morgan fingerprint density at radius 3 is 1.85 bits per heavy atom. The molecule has 0 bridgehead atoms. The maximum Gasteiger partial charge on any atom is 0.328 e. The summed E-state index contributed by atoms with van der Waals surface area (Å²) in [4.78, 5) is 61.5. The molecule has 4 unspecified atom stereocenters. The van der Waals surface area contributed by atoms with Crippen molar-refractivity contribution >= 4 is 29.6 Å². The molecule has 0 aromatic heterocycles. The third-order valence-electron chi connectivity index (χ3n) is 5.75. The van der Waals surface area contributed by atoms with Gasteiger partial charge in [-0.05, 0) is 36.1 Å². The average Bonchev–Trinajstić information content (AvgIpc) is 2.90. The van der Waals surface area contributed by atoms with Crippen LogP contribution in [-0.4, -0.2) is 75.7 Å². The largest absolute Gasteiger partial charge is 0.508 e. The van der Waals surface area contributed by atoms with Gasteiger partial charge in [-0.15, -0.1) is 0 Å². The third kappa shape index (κ3) is 10.4. The number of nitrogens with two attached hydrogens (primary N) is 2. The number of carbonyl (C=O) groups excluding carboxylic acids is 4. The lowest BCUT2D eigenvalue weighted by Gasteiger charge is -2.25. The van der Waals surface area contributed by atoms with Gasteiger partial charge in [-0.3, -0.25) is 19.2 Å². The van der Waals surface area contributed by atoms with Crippen molar-refractivity contribution in [2.24, 2.45) is 11.5 Å². The second-order valence-corrected chi connectivity index (χ2v) is 8.88. The van der Waals surface area contributed by atoms with E-state index in [2.05, 4.69) is 16.0 Å². The molecule has 10 N–H and O–H groups in total. The molecule has 0 saturated heterocycles. The fraction of sp³-hybridized carbons (Fsp3) is 0.346. The van der Waals surface area contributed by atoms with Gasteiger partial charge in [0.05, 0.1) is 12.6 Å². The minimum atomic E-state index is -1.64. The lowest BCUT2D eigenvalue weighted by Crippen LogP contribution is -2.58. The standard InChI is InChI=1S/C26H33N5O8/c27-18(12-15-4-2-1-3-5-15)23(35)30-20(13-16-6-8-17(33)9-7-16)25(37)29-19(10-11-22(28)34)24(36)31-21(14-32)26(38)39/h1-9,18-21,32-33H,10-14,27H2,(H2,28,34)(H,29,37)(H,30,35)(H,31,36)(H,38,39). The van der Waals surface area contributed by atoms with E-state index in [1.807, 2.05) is 6.07 Å². The number of aliphatic carboxylic acids is 1. The fourth-order valence-corrected chi connectivity index (χ4v) is 3.60. The van der Waals surface area contributed by atoms with Crippen LogP contribution in [0.4, 0.5) is 0 Å². The van der Waals surface area contributed by atoms with Crippen molar-refractivity contribution in [3.63, 3.8) is 0 Å². The molecule has 13 heteroatoms. The number of aliphatic hydroxyl groups excluding tert-OH is 1. The zero-order chi connectivity index (χ0) is 28.9. The molecule has 0 heterocycles. The first kappa shape index (κ1) is 30.7. The fourth-order valence-electron chi connectivity index (χ4n) is 3.60. The predicted octanol–water partition coefficient (Wildman–Crippen LogP) is -1.70. The van der Waals surface area contributed by atoms with Crippen LogP contribution in [0, 0.1) is 0 Å². The Morgan fingerprint density at radius 2 is 1.28 bits per heavy atom. The SMILES string of the molecule is NC(=O)CCC(NC(=O)C(Cc1ccc(O)cc1)NC(=O)C(N)Cc1ccccc1)C(=O)NC(CO)C(=O)O. The van der Waals surface area contributed by atoms with Gasteiger partial charge in [0.1, 0.15) is 23.9 Å². The molecule has 0 spiro atoms. The normalized spacial score (nSPS) is 13.8. The quantitative estimate of drug-likeness (QED) is 0.128. The van der Waals surface area contributed by atoms with E-state index >= 15 is 0 Å². The molecule has 2 aromatic rings. The number of primary amides is 1. The first-order valence-electron chi connectivity index (χ1n) is 12.1. The number of aromatic hydroxyl groups is 1. The molecule has 13 nitrogen and oxygen atoms in total. The van der Waals surface area contributed by atoms with Crippen molar-refractivity contribution in [3.05, 3.63) is 65.7 Å². The Kier molecular flexibility index (Phi) is 11.9. The Balaban J connectivity index is 2.23. The number of benzene rings is 2. The summed E-state index contributed by atoms with van der Waals surface area (Å²) in [5.41, 5.74) is 12.6. The van der Waals surface area contributed by atoms with E-state index in [1.165, 1.54) is 12.1 Å². The van der Waals surface area contributed by atoms with Crippen LogP contribution in [0.15, 0.2) is 54.6 Å². The van der Waals surface area contributed by atoms with Crippen LogP contribution in [0.25, 0.3) is 0 Å². The highest BCUT2D eigenvalue weighted by Crippen LogP contribution is 2.12. The number of nitrogens with one attached hydrogen (secondary N) is 3. The van der Waals surface area contributed by atoms with Crippen molar-refractivity contribution in [2.45, 2.75) is 49.9 Å². The summed E-state index contributed by atoms with van der Waals surface area (Å²) in [6.45, 7) is -0.906. The van der Waals surface area contributed by atoms with E-state index < -0.39 is 60.4 Å². The van der Waals surface area contributed by atoms with Gasteiger partial charge in [0, 0.05) is 12.8 Å². The van der Waals surface area contributed by atoms with Gasteiger partial charge in [-0.1, -0.05) is 42.5 Å². The number of carboxylic acids is 1. The van der Waals surface area contributed by atoms with Gasteiger partial charge in [-0.2, -0.15) is 0 Å². The van der Waals surface area contributed by atoms with E-state index in [0.29, 0.717) is 5.56 Å². The zero-order valence-corrected chi connectivity index (χ0v) is 21.1. The van der Waals surface area contributed by atoms with Crippen molar-refractivity contribution < 1.29 is 39.3 Å². The highest BCUT2D eigenvalue weighted by molar-refractivity contribution is 5.94. The van der Waals surface area contributed by atoms with E-state index in [0.717, 1.165) is 5.56 Å². The maximum atomic E-state index is 13.3. The first-order chi connectivity index (χ1) is 18.5. The summed E-state index contributed by atoms with van der Waals surface area (Å²) < 4.78 is 0. The lowest BCUT2D eigenvalue weighted by molar-refractivity contribution is -0.143. The number of rotatable bonds is 15. The van der Waals surface area contributed by atoms with Crippen LogP contribution < -0.4 is 27.4 Å². The molecule has 0 aliphatic carbocycles. The molecule has 0 aliphatic rings. The Hall–Kier alpha value is -4.49. The van der Waals surface area contributed by atoms with Crippen LogP contribution in [-0.2, 0) is 36.8 Å². The average molecular weight is 544 g/mol. The smallest absolute Gasteiger partial charge is 0.328 e. The van der Waals surface area contributed by atoms with E-state index in [9.17, 15) is 34.2 Å². The number of carboxylic acid groups (broad SMARTS) is 1. The number of amides is 4. The van der Waals surface area contributed by atoms with Gasteiger partial charge < -0.3 is 42.7 Å². The molecular weight excluding hydrogens is 510 g/mol. The highest BCUT2D eigenvalue weighted by Gasteiger charge is 2.30. The molecule has 0 radical (unpaired) electrons. The monoisotopic (exact) mass is 543 g/mol. The van der Waals surface area contributed by atoms with Crippen molar-refractivity contribution in [2.75, 3.05) is 6.61 Å². The van der Waals surface area contributed by atoms with Gasteiger partial charge in [0.15, 0.2) is 0 Å². The number of carbonyl (C=O) groups is 5. The van der Waals surface area contributed by atoms with Crippen LogP contribution >= 0.6 is 0 Å². The predicted molar refractivity (Wildman–Crippen MR) is 139 cm³/mol. The van der Waals surface area contributed by atoms with E-state index in [1.54, 1.807) is 36.4 Å². The van der Waals surface area contributed by atoms with Crippen molar-refractivity contribution in [3.8, 4) is 5.75 Å². The van der Waals surface area contributed by atoms with Gasteiger partial charge in [0.25, 0.3) is 0 Å². The Bertz CT molecular complexity index is 1140. The van der Waals surface area contributed by atoms with Crippen LogP contribution in [0.3, 0.4) is 0 Å². The second-order valence-electron chi connectivity index (χ2n) is 8.88. The van der Waals surface area contributed by atoms with E-state index in [-0.39, 0.29) is 31.4 Å². The van der Waals surface area contributed by atoms with Crippen LogP contribution in [0.5, 0.6) is 5.75 Å². The summed E-state index contributed by atoms with van der Waals surface area (Å²) in [6.07, 6.45) is -0.430. The summed E-state index contributed by atoms with van der Waals surface area (Å²) >= 11 is 0. The summed E-state index contributed by atoms with van der Waals surface area (Å²) in [5.74, 6) is -4.70.